The maximum Gasteiger partial charge on any atom is 0.238 e. The summed E-state index contributed by atoms with van der Waals surface area (Å²) in [5.74, 6) is 2.50. The maximum absolute atomic E-state index is 11.8. The van der Waals surface area contributed by atoms with Crippen LogP contribution in [0.3, 0.4) is 0 Å². The lowest BCUT2D eigenvalue weighted by atomic mass is 10.1. The molecule has 3 nitrogen and oxygen atoms in total. The van der Waals surface area contributed by atoms with Gasteiger partial charge in [0.25, 0.3) is 0 Å². The molecule has 0 heterocycles. The summed E-state index contributed by atoms with van der Waals surface area (Å²) in [4.78, 5) is 11.8. The first kappa shape index (κ1) is 15.6. The Hall–Kier alpha value is -1.50. The first-order chi connectivity index (χ1) is 9.06. The van der Waals surface area contributed by atoms with E-state index in [2.05, 4.69) is 16.6 Å². The normalized spacial score (nSPS) is 11.7. The van der Waals surface area contributed by atoms with Crippen molar-refractivity contribution in [3.8, 4) is 12.3 Å². The fraction of sp³-hybridized carbons (Fsp3) is 0.400. The molecule has 0 saturated carbocycles. The molecule has 1 rings (SSSR count). The molecule has 1 amide bonds. The van der Waals surface area contributed by atoms with Crippen molar-refractivity contribution < 1.29 is 4.79 Å². The third-order valence-electron chi connectivity index (χ3n) is 2.88. The molecule has 0 saturated heterocycles. The Morgan fingerprint density at radius 2 is 2.26 bits per heavy atom. The zero-order valence-corrected chi connectivity index (χ0v) is 12.1. The van der Waals surface area contributed by atoms with Crippen molar-refractivity contribution in [3.05, 3.63) is 28.8 Å². The quantitative estimate of drug-likeness (QED) is 0.786. The van der Waals surface area contributed by atoms with Crippen LogP contribution in [0.25, 0.3) is 0 Å². The van der Waals surface area contributed by atoms with Crippen LogP contribution in [0.15, 0.2) is 18.2 Å². The van der Waals surface area contributed by atoms with Gasteiger partial charge in [-0.15, -0.1) is 12.3 Å². The van der Waals surface area contributed by atoms with Crippen LogP contribution in [0.5, 0.6) is 0 Å². The van der Waals surface area contributed by atoms with Gasteiger partial charge in [0.1, 0.15) is 0 Å². The second-order valence-corrected chi connectivity index (χ2v) is 4.84. The van der Waals surface area contributed by atoms with E-state index < -0.39 is 0 Å². The van der Waals surface area contributed by atoms with E-state index in [1.807, 2.05) is 19.9 Å². The molecule has 0 aliphatic carbocycles. The molecule has 0 bridgehead atoms. The van der Waals surface area contributed by atoms with Gasteiger partial charge < -0.3 is 10.6 Å². The van der Waals surface area contributed by atoms with E-state index in [4.69, 9.17) is 18.0 Å². The maximum atomic E-state index is 11.8. The summed E-state index contributed by atoms with van der Waals surface area (Å²) in [7, 11) is 0. The number of carbonyl (C=O) groups excluding carboxylic acids is 1. The summed E-state index contributed by atoms with van der Waals surface area (Å²) in [6.07, 6.45) is 6.79. The van der Waals surface area contributed by atoms with Gasteiger partial charge in [0.2, 0.25) is 5.91 Å². The van der Waals surface area contributed by atoms with Crippen LogP contribution in [0.1, 0.15) is 25.3 Å². The molecule has 1 aromatic rings. The Labute approximate surface area is 119 Å². The molecule has 1 aromatic carbocycles. The molecule has 1 atom stereocenters. The smallest absolute Gasteiger partial charge is 0.238 e. The van der Waals surface area contributed by atoms with Crippen LogP contribution in [-0.2, 0) is 4.79 Å². The van der Waals surface area contributed by atoms with E-state index >= 15 is 0 Å². The monoisotopic (exact) mass is 278 g/mol. The highest BCUT2D eigenvalue weighted by atomic mass is 35.5. The third kappa shape index (κ3) is 5.34. The summed E-state index contributed by atoms with van der Waals surface area (Å²) in [5, 5.41) is 6.58. The Morgan fingerprint density at radius 3 is 2.89 bits per heavy atom. The van der Waals surface area contributed by atoms with Gasteiger partial charge in [-0.3, -0.25) is 4.79 Å². The molecule has 0 spiro atoms. The molecule has 0 aromatic heterocycles. The van der Waals surface area contributed by atoms with Gasteiger partial charge in [0.15, 0.2) is 0 Å². The molecule has 0 aliphatic rings. The second-order valence-electron chi connectivity index (χ2n) is 4.40. The summed E-state index contributed by atoms with van der Waals surface area (Å²) >= 11 is 5.90. The highest BCUT2D eigenvalue weighted by Crippen LogP contribution is 2.19. The SMILES string of the molecule is C#CCC(CC)NCC(=O)Nc1cc(Cl)ccc1C. The van der Waals surface area contributed by atoms with Crippen molar-refractivity contribution in [1.82, 2.24) is 5.32 Å². The number of hydrogen-bond acceptors (Lipinski definition) is 2. The van der Waals surface area contributed by atoms with Crippen molar-refractivity contribution in [1.29, 1.82) is 0 Å². The average Bonchev–Trinajstić information content (AvgIpc) is 2.39. The van der Waals surface area contributed by atoms with Crippen molar-refractivity contribution in [2.75, 3.05) is 11.9 Å². The van der Waals surface area contributed by atoms with Crippen LogP contribution in [-0.4, -0.2) is 18.5 Å². The molecule has 4 heteroatoms. The number of halogens is 1. The largest absolute Gasteiger partial charge is 0.325 e. The number of carbonyl (C=O) groups is 1. The summed E-state index contributed by atoms with van der Waals surface area (Å²) in [6, 6.07) is 5.59. The number of hydrogen-bond donors (Lipinski definition) is 2. The predicted molar refractivity (Wildman–Crippen MR) is 80.4 cm³/mol. The number of amides is 1. The van der Waals surface area contributed by atoms with Gasteiger partial charge in [-0.25, -0.2) is 0 Å². The molecule has 2 N–H and O–H groups in total. The number of rotatable bonds is 6. The van der Waals surface area contributed by atoms with Gasteiger partial charge in [-0.2, -0.15) is 0 Å². The van der Waals surface area contributed by atoms with Crippen molar-refractivity contribution in [3.63, 3.8) is 0 Å². The van der Waals surface area contributed by atoms with Crippen LogP contribution in [0.2, 0.25) is 5.02 Å². The summed E-state index contributed by atoms with van der Waals surface area (Å²) in [5.41, 5.74) is 1.72. The van der Waals surface area contributed by atoms with E-state index in [9.17, 15) is 4.79 Å². The fourth-order valence-corrected chi connectivity index (χ4v) is 1.84. The second kappa shape index (κ2) is 7.83. The van der Waals surface area contributed by atoms with E-state index in [-0.39, 0.29) is 18.5 Å². The van der Waals surface area contributed by atoms with E-state index in [1.54, 1.807) is 12.1 Å². The predicted octanol–water partition coefficient (Wildman–Crippen LogP) is 2.98. The van der Waals surface area contributed by atoms with Crippen LogP contribution < -0.4 is 10.6 Å². The van der Waals surface area contributed by atoms with Crippen LogP contribution >= 0.6 is 11.6 Å². The van der Waals surface area contributed by atoms with Gasteiger partial charge in [0, 0.05) is 23.2 Å². The molecule has 19 heavy (non-hydrogen) atoms. The van der Waals surface area contributed by atoms with E-state index in [0.29, 0.717) is 11.4 Å². The zero-order valence-electron chi connectivity index (χ0n) is 11.3. The lowest BCUT2D eigenvalue weighted by Crippen LogP contribution is -2.35. The molecular weight excluding hydrogens is 260 g/mol. The molecule has 0 fully saturated rings. The van der Waals surface area contributed by atoms with E-state index in [1.165, 1.54) is 0 Å². The molecule has 1 unspecified atom stereocenters. The summed E-state index contributed by atoms with van der Waals surface area (Å²) < 4.78 is 0. The highest BCUT2D eigenvalue weighted by Gasteiger charge is 2.08. The Morgan fingerprint density at radius 1 is 1.53 bits per heavy atom. The third-order valence-corrected chi connectivity index (χ3v) is 3.12. The number of benzene rings is 1. The summed E-state index contributed by atoms with van der Waals surface area (Å²) in [6.45, 7) is 4.20. The molecule has 0 radical (unpaired) electrons. The standard InChI is InChI=1S/C15H19ClN2O/c1-4-6-13(5-2)17-10-15(19)18-14-9-12(16)8-7-11(14)3/h1,7-9,13,17H,5-6,10H2,2-3H3,(H,18,19). The number of aryl methyl sites for hydroxylation is 1. The topological polar surface area (TPSA) is 41.1 Å². The highest BCUT2D eigenvalue weighted by molar-refractivity contribution is 6.31. The Balaban J connectivity index is 2.51. The fourth-order valence-electron chi connectivity index (χ4n) is 1.66. The number of terminal acetylenes is 1. The van der Waals surface area contributed by atoms with Crippen molar-refractivity contribution >= 4 is 23.2 Å². The Bertz CT molecular complexity index is 480. The minimum Gasteiger partial charge on any atom is -0.325 e. The first-order valence-electron chi connectivity index (χ1n) is 6.29. The van der Waals surface area contributed by atoms with Gasteiger partial charge in [-0.1, -0.05) is 24.6 Å². The molecule has 0 aliphatic heterocycles. The lowest BCUT2D eigenvalue weighted by molar-refractivity contribution is -0.115. The molecule has 102 valence electrons. The zero-order chi connectivity index (χ0) is 14.3. The van der Waals surface area contributed by atoms with Gasteiger partial charge in [-0.05, 0) is 31.0 Å². The van der Waals surface area contributed by atoms with Gasteiger partial charge in [0.05, 0.1) is 6.54 Å². The van der Waals surface area contributed by atoms with E-state index in [0.717, 1.165) is 17.7 Å². The Kier molecular flexibility index (Phi) is 6.41. The van der Waals surface area contributed by atoms with Crippen molar-refractivity contribution in [2.24, 2.45) is 0 Å². The van der Waals surface area contributed by atoms with Crippen LogP contribution in [0, 0.1) is 19.3 Å². The van der Waals surface area contributed by atoms with Crippen molar-refractivity contribution in [2.45, 2.75) is 32.7 Å². The minimum absolute atomic E-state index is 0.0964. The van der Waals surface area contributed by atoms with Crippen LogP contribution in [0.4, 0.5) is 5.69 Å². The number of anilines is 1. The molecular formula is C15H19ClN2O. The number of nitrogens with one attached hydrogen (secondary N) is 2. The van der Waals surface area contributed by atoms with Gasteiger partial charge >= 0.3 is 0 Å². The average molecular weight is 279 g/mol. The first-order valence-corrected chi connectivity index (χ1v) is 6.67. The lowest BCUT2D eigenvalue weighted by Gasteiger charge is -2.14. The minimum atomic E-state index is -0.0964.